The van der Waals surface area contributed by atoms with Gasteiger partial charge < -0.3 is 4.74 Å². The smallest absolute Gasteiger partial charge is 0.330 e. The number of nitrogens with zero attached hydrogens (tertiary/aromatic N) is 1. The molecule has 0 aromatic heterocycles. The highest BCUT2D eigenvalue weighted by atomic mass is 16.5. The van der Waals surface area contributed by atoms with Gasteiger partial charge in [-0.25, -0.2) is 4.79 Å². The second kappa shape index (κ2) is 4.97. The van der Waals surface area contributed by atoms with Crippen LogP contribution in [-0.2, 0) is 9.53 Å². The van der Waals surface area contributed by atoms with E-state index in [9.17, 15) is 4.79 Å². The second-order valence-electron chi connectivity index (χ2n) is 3.93. The zero-order valence-corrected chi connectivity index (χ0v) is 9.38. The third-order valence-electron chi connectivity index (χ3n) is 2.84. The Balaban J connectivity index is 2.89. The van der Waals surface area contributed by atoms with Crippen LogP contribution in [0.2, 0.25) is 0 Å². The second-order valence-corrected chi connectivity index (χ2v) is 3.93. The summed E-state index contributed by atoms with van der Waals surface area (Å²) in [5, 5.41) is 9.14. The SMILES string of the molecule is CCOC(=O)[C@@](C)(C#N)C1=CCCCC1. The Bertz CT molecular complexity index is 314. The largest absolute Gasteiger partial charge is 0.465 e. The lowest BCUT2D eigenvalue weighted by Gasteiger charge is -2.25. The summed E-state index contributed by atoms with van der Waals surface area (Å²) >= 11 is 0. The van der Waals surface area contributed by atoms with Crippen molar-refractivity contribution in [3.8, 4) is 6.07 Å². The van der Waals surface area contributed by atoms with Crippen molar-refractivity contribution < 1.29 is 9.53 Å². The van der Waals surface area contributed by atoms with Gasteiger partial charge in [0.1, 0.15) is 0 Å². The number of nitriles is 1. The van der Waals surface area contributed by atoms with E-state index in [1.165, 1.54) is 0 Å². The van der Waals surface area contributed by atoms with Gasteiger partial charge in [0.25, 0.3) is 0 Å². The average molecular weight is 207 g/mol. The molecule has 0 spiro atoms. The molecule has 0 fully saturated rings. The van der Waals surface area contributed by atoms with Gasteiger partial charge in [-0.15, -0.1) is 0 Å². The van der Waals surface area contributed by atoms with E-state index in [1.807, 2.05) is 6.08 Å². The first-order valence-electron chi connectivity index (χ1n) is 5.43. The summed E-state index contributed by atoms with van der Waals surface area (Å²) in [4.78, 5) is 11.7. The Morgan fingerprint density at radius 3 is 2.87 bits per heavy atom. The van der Waals surface area contributed by atoms with Crippen molar-refractivity contribution in [1.82, 2.24) is 0 Å². The minimum absolute atomic E-state index is 0.323. The molecule has 0 amide bonds. The summed E-state index contributed by atoms with van der Waals surface area (Å²) in [6.45, 7) is 3.73. The first kappa shape index (κ1) is 11.8. The van der Waals surface area contributed by atoms with Crippen LogP contribution in [0.1, 0.15) is 39.5 Å². The molecule has 0 saturated carbocycles. The third-order valence-corrected chi connectivity index (χ3v) is 2.84. The van der Waals surface area contributed by atoms with Crippen LogP contribution in [0.5, 0.6) is 0 Å². The van der Waals surface area contributed by atoms with Crippen molar-refractivity contribution in [1.29, 1.82) is 5.26 Å². The zero-order valence-electron chi connectivity index (χ0n) is 9.38. The highest BCUT2D eigenvalue weighted by molar-refractivity contribution is 5.83. The van der Waals surface area contributed by atoms with Gasteiger partial charge in [-0.3, -0.25) is 0 Å². The van der Waals surface area contributed by atoms with Crippen LogP contribution in [0.25, 0.3) is 0 Å². The van der Waals surface area contributed by atoms with Crippen LogP contribution in [0, 0.1) is 16.7 Å². The van der Waals surface area contributed by atoms with Crippen molar-refractivity contribution in [2.75, 3.05) is 6.61 Å². The molecule has 82 valence electrons. The summed E-state index contributed by atoms with van der Waals surface area (Å²) in [5.74, 6) is -0.416. The Morgan fingerprint density at radius 1 is 1.67 bits per heavy atom. The Morgan fingerprint density at radius 2 is 2.40 bits per heavy atom. The maximum atomic E-state index is 11.7. The van der Waals surface area contributed by atoms with Crippen molar-refractivity contribution in [3.63, 3.8) is 0 Å². The first-order valence-corrected chi connectivity index (χ1v) is 5.43. The number of allylic oxidation sites excluding steroid dienone is 1. The molecule has 0 saturated heterocycles. The molecular formula is C12H17NO2. The number of esters is 1. The minimum atomic E-state index is -1.07. The summed E-state index contributed by atoms with van der Waals surface area (Å²) in [6.07, 6.45) is 6.02. The molecule has 0 aromatic rings. The van der Waals surface area contributed by atoms with Crippen LogP contribution in [0.3, 0.4) is 0 Å². The maximum absolute atomic E-state index is 11.7. The third kappa shape index (κ3) is 2.38. The van der Waals surface area contributed by atoms with Gasteiger partial charge in [-0.05, 0) is 45.1 Å². The van der Waals surface area contributed by atoms with Crippen LogP contribution in [0.15, 0.2) is 11.6 Å². The highest BCUT2D eigenvalue weighted by Crippen LogP contribution is 2.34. The fourth-order valence-electron chi connectivity index (χ4n) is 1.82. The predicted molar refractivity (Wildman–Crippen MR) is 56.9 cm³/mol. The van der Waals surface area contributed by atoms with Gasteiger partial charge in [-0.1, -0.05) is 6.08 Å². The molecule has 0 N–H and O–H groups in total. The zero-order chi connectivity index (χ0) is 11.3. The van der Waals surface area contributed by atoms with Gasteiger partial charge >= 0.3 is 5.97 Å². The van der Waals surface area contributed by atoms with Gasteiger partial charge in [0.05, 0.1) is 12.7 Å². The van der Waals surface area contributed by atoms with E-state index in [4.69, 9.17) is 10.00 Å². The van der Waals surface area contributed by atoms with Gasteiger partial charge in [0.15, 0.2) is 5.41 Å². The number of hydrogen-bond acceptors (Lipinski definition) is 3. The first-order chi connectivity index (χ1) is 7.15. The normalized spacial score (nSPS) is 19.7. The molecule has 3 heteroatoms. The summed E-state index contributed by atoms with van der Waals surface area (Å²) in [5.41, 5.74) is -0.147. The van der Waals surface area contributed by atoms with Gasteiger partial charge in [0, 0.05) is 0 Å². The molecule has 1 aliphatic rings. The number of rotatable bonds is 3. The summed E-state index contributed by atoms with van der Waals surface area (Å²) < 4.78 is 4.95. The number of ether oxygens (including phenoxy) is 1. The standard InChI is InChI=1S/C12H17NO2/c1-3-15-11(14)12(2,9-13)10-7-5-4-6-8-10/h7H,3-6,8H2,1-2H3/t12-/m0/s1. The van der Waals surface area contributed by atoms with Crippen LogP contribution in [0.4, 0.5) is 0 Å². The molecule has 1 rings (SSSR count). The summed E-state index contributed by atoms with van der Waals surface area (Å²) in [6, 6.07) is 2.09. The van der Waals surface area contributed by atoms with Crippen LogP contribution in [-0.4, -0.2) is 12.6 Å². The van der Waals surface area contributed by atoms with E-state index in [1.54, 1.807) is 13.8 Å². The fourth-order valence-corrected chi connectivity index (χ4v) is 1.82. The van der Waals surface area contributed by atoms with E-state index in [-0.39, 0.29) is 0 Å². The molecule has 0 aliphatic heterocycles. The number of carbonyl (C=O) groups is 1. The van der Waals surface area contributed by atoms with Crippen LogP contribution < -0.4 is 0 Å². The Labute approximate surface area is 90.7 Å². The molecular weight excluding hydrogens is 190 g/mol. The van der Waals surface area contributed by atoms with Crippen molar-refractivity contribution in [2.24, 2.45) is 5.41 Å². The van der Waals surface area contributed by atoms with E-state index < -0.39 is 11.4 Å². The fraction of sp³-hybridized carbons (Fsp3) is 0.667. The number of carbonyl (C=O) groups excluding carboxylic acids is 1. The molecule has 0 heterocycles. The van der Waals surface area contributed by atoms with E-state index >= 15 is 0 Å². The lowest BCUT2D eigenvalue weighted by molar-refractivity contribution is -0.149. The van der Waals surface area contributed by atoms with Crippen LogP contribution >= 0.6 is 0 Å². The molecule has 3 nitrogen and oxygen atoms in total. The lowest BCUT2D eigenvalue weighted by Crippen LogP contribution is -2.31. The Kier molecular flexibility index (Phi) is 3.90. The molecule has 0 bridgehead atoms. The quantitative estimate of drug-likeness (QED) is 0.528. The summed E-state index contributed by atoms with van der Waals surface area (Å²) in [7, 11) is 0. The Hall–Kier alpha value is -1.30. The molecule has 15 heavy (non-hydrogen) atoms. The van der Waals surface area contributed by atoms with Crippen molar-refractivity contribution in [3.05, 3.63) is 11.6 Å². The minimum Gasteiger partial charge on any atom is -0.465 e. The molecule has 0 radical (unpaired) electrons. The number of hydrogen-bond donors (Lipinski definition) is 0. The van der Waals surface area contributed by atoms with Gasteiger partial charge in [0.2, 0.25) is 0 Å². The molecule has 1 atom stereocenters. The maximum Gasteiger partial charge on any atom is 0.330 e. The monoisotopic (exact) mass is 207 g/mol. The molecule has 0 unspecified atom stereocenters. The molecule has 1 aliphatic carbocycles. The van der Waals surface area contributed by atoms with E-state index in [0.717, 1.165) is 31.3 Å². The van der Waals surface area contributed by atoms with Gasteiger partial charge in [-0.2, -0.15) is 5.26 Å². The van der Waals surface area contributed by atoms with Crippen molar-refractivity contribution >= 4 is 5.97 Å². The topological polar surface area (TPSA) is 50.1 Å². The van der Waals surface area contributed by atoms with Crippen molar-refractivity contribution in [2.45, 2.75) is 39.5 Å². The predicted octanol–water partition coefficient (Wildman–Crippen LogP) is 2.58. The highest BCUT2D eigenvalue weighted by Gasteiger charge is 2.39. The molecule has 0 aromatic carbocycles. The van der Waals surface area contributed by atoms with E-state index in [0.29, 0.717) is 6.61 Å². The lowest BCUT2D eigenvalue weighted by atomic mass is 9.78. The van der Waals surface area contributed by atoms with E-state index in [2.05, 4.69) is 6.07 Å². The average Bonchev–Trinajstić information content (AvgIpc) is 2.29.